The molecule has 1 heterocycles. The minimum absolute atomic E-state index is 0.0550. The highest BCUT2D eigenvalue weighted by Gasteiger charge is 2.31. The van der Waals surface area contributed by atoms with Crippen molar-refractivity contribution in [2.24, 2.45) is 11.7 Å². The predicted molar refractivity (Wildman–Crippen MR) is 74.1 cm³/mol. The molecule has 0 aromatic heterocycles. The first-order valence-electron chi connectivity index (χ1n) is 6.06. The molecule has 0 fully saturated rings. The van der Waals surface area contributed by atoms with E-state index < -0.39 is 0 Å². The number of carbonyl (C=O) groups excluding carboxylic acids is 1. The topological polar surface area (TPSA) is 73.6 Å². The number of halogens is 1. The van der Waals surface area contributed by atoms with Crippen LogP contribution in [0.4, 0.5) is 5.69 Å². The number of anilines is 1. The van der Waals surface area contributed by atoms with Crippen molar-refractivity contribution in [2.45, 2.75) is 12.8 Å². The van der Waals surface area contributed by atoms with Gasteiger partial charge in [-0.25, -0.2) is 0 Å². The molecule has 1 atom stereocenters. The van der Waals surface area contributed by atoms with Crippen LogP contribution in [0.15, 0.2) is 6.07 Å². The van der Waals surface area contributed by atoms with Crippen molar-refractivity contribution in [3.8, 4) is 11.5 Å². The van der Waals surface area contributed by atoms with Gasteiger partial charge >= 0.3 is 0 Å². The number of nitrogens with one attached hydrogen (secondary N) is 1. The van der Waals surface area contributed by atoms with Crippen molar-refractivity contribution in [2.75, 3.05) is 26.1 Å². The molecule has 1 aliphatic rings. The third-order valence-corrected chi connectivity index (χ3v) is 3.59. The summed E-state index contributed by atoms with van der Waals surface area (Å²) in [6.45, 7) is 0.473. The fourth-order valence-corrected chi connectivity index (χ4v) is 2.63. The van der Waals surface area contributed by atoms with E-state index in [9.17, 15) is 4.79 Å². The summed E-state index contributed by atoms with van der Waals surface area (Å²) in [6, 6.07) is 1.70. The molecule has 1 unspecified atom stereocenters. The molecule has 0 radical (unpaired) electrons. The fourth-order valence-electron chi connectivity index (χ4n) is 2.36. The van der Waals surface area contributed by atoms with Gasteiger partial charge in [0, 0.05) is 17.5 Å². The third-order valence-electron chi connectivity index (χ3n) is 3.31. The first-order valence-corrected chi connectivity index (χ1v) is 6.44. The number of nitrogens with two attached hydrogens (primary N) is 1. The van der Waals surface area contributed by atoms with Crippen molar-refractivity contribution in [3.05, 3.63) is 16.7 Å². The molecular formula is C13H17ClN2O3. The zero-order chi connectivity index (χ0) is 14.0. The van der Waals surface area contributed by atoms with E-state index in [-0.39, 0.29) is 11.8 Å². The van der Waals surface area contributed by atoms with E-state index >= 15 is 0 Å². The van der Waals surface area contributed by atoms with Gasteiger partial charge in [0.25, 0.3) is 0 Å². The van der Waals surface area contributed by atoms with Gasteiger partial charge in [0.15, 0.2) is 5.75 Å². The molecule has 1 aromatic carbocycles. The van der Waals surface area contributed by atoms with Gasteiger partial charge in [-0.1, -0.05) is 11.6 Å². The minimum atomic E-state index is -0.141. The van der Waals surface area contributed by atoms with Crippen LogP contribution in [0.1, 0.15) is 12.0 Å². The summed E-state index contributed by atoms with van der Waals surface area (Å²) >= 11 is 6.11. The zero-order valence-corrected chi connectivity index (χ0v) is 11.7. The molecule has 6 heteroatoms. The highest BCUT2D eigenvalue weighted by Crippen LogP contribution is 2.45. The Hall–Kier alpha value is -1.46. The lowest BCUT2D eigenvalue weighted by molar-refractivity contribution is -0.120. The number of hydrogen-bond acceptors (Lipinski definition) is 4. The van der Waals surface area contributed by atoms with Crippen molar-refractivity contribution < 1.29 is 14.3 Å². The first-order chi connectivity index (χ1) is 9.12. The quantitative estimate of drug-likeness (QED) is 0.884. The number of amides is 1. The monoisotopic (exact) mass is 284 g/mol. The summed E-state index contributed by atoms with van der Waals surface area (Å²) in [5.74, 6) is 0.928. The van der Waals surface area contributed by atoms with E-state index in [4.69, 9.17) is 26.8 Å². The average molecular weight is 285 g/mol. The Morgan fingerprint density at radius 3 is 2.79 bits per heavy atom. The Balaban J connectivity index is 2.50. The Kier molecular flexibility index (Phi) is 4.17. The van der Waals surface area contributed by atoms with E-state index in [2.05, 4.69) is 5.32 Å². The number of methoxy groups -OCH3 is 2. The maximum atomic E-state index is 12.0. The number of fused-ring (bicyclic) bond motifs is 1. The van der Waals surface area contributed by atoms with Crippen molar-refractivity contribution in [1.29, 1.82) is 0 Å². The lowest BCUT2D eigenvalue weighted by Crippen LogP contribution is -2.32. The highest BCUT2D eigenvalue weighted by molar-refractivity contribution is 6.33. The molecule has 0 saturated carbocycles. The molecule has 0 bridgehead atoms. The third kappa shape index (κ3) is 2.48. The fraction of sp³-hybridized carbons (Fsp3) is 0.462. The molecule has 0 saturated heterocycles. The second-order valence-corrected chi connectivity index (χ2v) is 4.82. The molecule has 5 nitrogen and oxygen atoms in total. The summed E-state index contributed by atoms with van der Waals surface area (Å²) < 4.78 is 10.6. The van der Waals surface area contributed by atoms with Crippen LogP contribution < -0.4 is 20.5 Å². The van der Waals surface area contributed by atoms with Crippen molar-refractivity contribution >= 4 is 23.2 Å². The Morgan fingerprint density at radius 1 is 1.47 bits per heavy atom. The van der Waals surface area contributed by atoms with Crippen molar-refractivity contribution in [1.82, 2.24) is 0 Å². The lowest BCUT2D eigenvalue weighted by atomic mass is 9.90. The summed E-state index contributed by atoms with van der Waals surface area (Å²) in [6.07, 6.45) is 1.22. The summed E-state index contributed by atoms with van der Waals surface area (Å²) in [7, 11) is 3.10. The van der Waals surface area contributed by atoms with Crippen LogP contribution in [-0.2, 0) is 11.2 Å². The first kappa shape index (κ1) is 14.0. The van der Waals surface area contributed by atoms with Crippen LogP contribution in [0.5, 0.6) is 11.5 Å². The molecule has 0 aliphatic carbocycles. The van der Waals surface area contributed by atoms with E-state index in [0.29, 0.717) is 41.6 Å². The van der Waals surface area contributed by atoms with E-state index in [1.165, 1.54) is 7.11 Å². The maximum absolute atomic E-state index is 12.0. The van der Waals surface area contributed by atoms with Crippen LogP contribution in [-0.4, -0.2) is 26.7 Å². The number of hydrogen-bond donors (Lipinski definition) is 2. The normalized spacial score (nSPS) is 17.7. The summed E-state index contributed by atoms with van der Waals surface area (Å²) in [5, 5.41) is 3.26. The largest absolute Gasteiger partial charge is 0.496 e. The molecule has 1 amide bonds. The van der Waals surface area contributed by atoms with Crippen molar-refractivity contribution in [3.63, 3.8) is 0 Å². The van der Waals surface area contributed by atoms with Gasteiger partial charge in [-0.15, -0.1) is 0 Å². The average Bonchev–Trinajstić information content (AvgIpc) is 2.39. The predicted octanol–water partition coefficient (Wildman–Crippen LogP) is 1.82. The maximum Gasteiger partial charge on any atom is 0.227 e. The van der Waals surface area contributed by atoms with Crippen LogP contribution in [0.25, 0.3) is 0 Å². The van der Waals surface area contributed by atoms with Gasteiger partial charge in [-0.2, -0.15) is 0 Å². The smallest absolute Gasteiger partial charge is 0.227 e. The summed E-state index contributed by atoms with van der Waals surface area (Å²) in [5.41, 5.74) is 7.04. The minimum Gasteiger partial charge on any atom is -0.496 e. The Morgan fingerprint density at radius 2 is 2.21 bits per heavy atom. The van der Waals surface area contributed by atoms with Gasteiger partial charge in [-0.05, 0) is 19.4 Å². The molecule has 1 aromatic rings. The van der Waals surface area contributed by atoms with Gasteiger partial charge in [0.05, 0.1) is 24.9 Å². The molecule has 104 valence electrons. The zero-order valence-electron chi connectivity index (χ0n) is 11.0. The van der Waals surface area contributed by atoms with Crippen LogP contribution >= 0.6 is 11.6 Å². The number of rotatable bonds is 4. The van der Waals surface area contributed by atoms with Gasteiger partial charge in [0.1, 0.15) is 5.75 Å². The summed E-state index contributed by atoms with van der Waals surface area (Å²) in [4.78, 5) is 12.0. The number of benzene rings is 1. The second kappa shape index (κ2) is 5.67. The molecule has 19 heavy (non-hydrogen) atoms. The Bertz CT molecular complexity index is 505. The molecule has 3 N–H and O–H groups in total. The highest BCUT2D eigenvalue weighted by atomic mass is 35.5. The molecule has 1 aliphatic heterocycles. The van der Waals surface area contributed by atoms with Crippen LogP contribution in [0.2, 0.25) is 5.02 Å². The standard InChI is InChI=1S/C13H17ClN2O3/c1-18-10-6-9(14)12(19-2)11-8(10)5-7(3-4-15)13(17)16-11/h6-7H,3-5,15H2,1-2H3,(H,16,17). The van der Waals surface area contributed by atoms with Crippen LogP contribution in [0.3, 0.4) is 0 Å². The SMILES string of the molecule is COc1cc(Cl)c(OC)c2c1CC(CCN)C(=O)N2. The van der Waals surface area contributed by atoms with Gasteiger partial charge in [0.2, 0.25) is 5.91 Å². The number of carbonyl (C=O) groups is 1. The molecular weight excluding hydrogens is 268 g/mol. The van der Waals surface area contributed by atoms with Gasteiger partial charge in [-0.3, -0.25) is 4.79 Å². The lowest BCUT2D eigenvalue weighted by Gasteiger charge is -2.27. The van der Waals surface area contributed by atoms with E-state index in [0.717, 1.165) is 5.56 Å². The van der Waals surface area contributed by atoms with E-state index in [1.807, 2.05) is 0 Å². The number of ether oxygens (including phenoxy) is 2. The van der Waals surface area contributed by atoms with E-state index in [1.54, 1.807) is 13.2 Å². The second-order valence-electron chi connectivity index (χ2n) is 4.42. The Labute approximate surface area is 117 Å². The molecule has 2 rings (SSSR count). The van der Waals surface area contributed by atoms with Gasteiger partial charge < -0.3 is 20.5 Å². The molecule has 0 spiro atoms. The van der Waals surface area contributed by atoms with Crippen LogP contribution in [0, 0.1) is 5.92 Å².